The van der Waals surface area contributed by atoms with Gasteiger partial charge >= 0.3 is 0 Å². The first-order chi connectivity index (χ1) is 14.0. The first-order valence-corrected chi connectivity index (χ1v) is 10.6. The molecule has 0 radical (unpaired) electrons. The van der Waals surface area contributed by atoms with Crippen LogP contribution in [0.5, 0.6) is 0 Å². The molecule has 0 aromatic heterocycles. The van der Waals surface area contributed by atoms with Crippen molar-refractivity contribution >= 4 is 17.5 Å². The van der Waals surface area contributed by atoms with Gasteiger partial charge < -0.3 is 10.2 Å². The van der Waals surface area contributed by atoms with Crippen LogP contribution < -0.4 is 10.2 Å². The lowest BCUT2D eigenvalue weighted by Gasteiger charge is -2.18. The molecule has 0 atom stereocenters. The van der Waals surface area contributed by atoms with Gasteiger partial charge in [-0.05, 0) is 54.4 Å². The second-order valence-electron chi connectivity index (χ2n) is 7.45. The van der Waals surface area contributed by atoms with Crippen LogP contribution in [0.4, 0.5) is 5.69 Å². The van der Waals surface area contributed by atoms with E-state index in [0.29, 0.717) is 25.1 Å². The van der Waals surface area contributed by atoms with E-state index in [0.717, 1.165) is 42.9 Å². The Balaban J connectivity index is 1.58. The monoisotopic (exact) mass is 393 g/mol. The predicted octanol–water partition coefficient (Wildman–Crippen LogP) is 3.76. The van der Waals surface area contributed by atoms with Crippen molar-refractivity contribution in [3.05, 3.63) is 64.7 Å². The topological polar surface area (TPSA) is 52.7 Å². The number of hydrogen-bond donors (Lipinski definition) is 1. The third-order valence-corrected chi connectivity index (χ3v) is 5.62. The Morgan fingerprint density at radius 1 is 1.00 bits per heavy atom. The molecule has 0 fully saturated rings. The summed E-state index contributed by atoms with van der Waals surface area (Å²) in [7, 11) is 0. The summed E-state index contributed by atoms with van der Waals surface area (Å²) in [5.74, 6) is 0.0469. The number of nitrogens with one attached hydrogen (secondary N) is 1. The molecule has 0 bridgehead atoms. The maximum atomic E-state index is 12.6. The highest BCUT2D eigenvalue weighted by Gasteiger charge is 2.24. The normalized spacial score (nSPS) is 12.9. The van der Waals surface area contributed by atoms with Gasteiger partial charge in [-0.2, -0.15) is 0 Å². The van der Waals surface area contributed by atoms with Crippen LogP contribution in [0.25, 0.3) is 0 Å². The molecule has 154 valence electrons. The first kappa shape index (κ1) is 21.1. The second-order valence-corrected chi connectivity index (χ2v) is 7.45. The fourth-order valence-electron chi connectivity index (χ4n) is 3.75. The molecule has 5 nitrogen and oxygen atoms in total. The Bertz CT molecular complexity index is 857. The molecular formula is C24H31N3O2. The molecule has 2 aromatic carbocycles. The molecule has 0 aliphatic carbocycles. The molecule has 1 heterocycles. The molecule has 2 aromatic rings. The summed E-state index contributed by atoms with van der Waals surface area (Å²) >= 11 is 0. The maximum Gasteiger partial charge on any atom is 0.251 e. The van der Waals surface area contributed by atoms with Gasteiger partial charge in [-0.15, -0.1) is 0 Å². The third-order valence-electron chi connectivity index (χ3n) is 5.62. The predicted molar refractivity (Wildman–Crippen MR) is 117 cm³/mol. The highest BCUT2D eigenvalue weighted by molar-refractivity contribution is 5.98. The number of carbonyl (C=O) groups is 2. The van der Waals surface area contributed by atoms with Crippen LogP contribution in [0.1, 0.15) is 54.2 Å². The molecule has 0 saturated heterocycles. The zero-order chi connectivity index (χ0) is 20.8. The van der Waals surface area contributed by atoms with Gasteiger partial charge in [0, 0.05) is 37.3 Å². The quantitative estimate of drug-likeness (QED) is 0.743. The van der Waals surface area contributed by atoms with Gasteiger partial charge in [0.25, 0.3) is 5.91 Å². The third kappa shape index (κ3) is 5.04. The zero-order valence-electron chi connectivity index (χ0n) is 17.7. The number of carbonyl (C=O) groups excluding carboxylic acids is 2. The molecule has 5 heteroatoms. The molecule has 1 aliphatic rings. The Kier molecular flexibility index (Phi) is 7.04. The van der Waals surface area contributed by atoms with Gasteiger partial charge in [0.2, 0.25) is 5.91 Å². The van der Waals surface area contributed by atoms with Crippen molar-refractivity contribution in [2.75, 3.05) is 24.5 Å². The Hall–Kier alpha value is -2.66. The minimum atomic E-state index is -0.0831. The van der Waals surface area contributed by atoms with E-state index in [2.05, 4.69) is 48.3 Å². The second kappa shape index (κ2) is 9.70. The summed E-state index contributed by atoms with van der Waals surface area (Å²) in [6, 6.07) is 14.0. The van der Waals surface area contributed by atoms with Crippen molar-refractivity contribution in [2.24, 2.45) is 0 Å². The maximum absolute atomic E-state index is 12.6. The van der Waals surface area contributed by atoms with Crippen LogP contribution in [0.15, 0.2) is 42.5 Å². The van der Waals surface area contributed by atoms with Crippen molar-refractivity contribution in [3.63, 3.8) is 0 Å². The van der Waals surface area contributed by atoms with E-state index in [1.165, 1.54) is 5.56 Å². The van der Waals surface area contributed by atoms with Gasteiger partial charge in [-0.25, -0.2) is 0 Å². The minimum absolute atomic E-state index is 0.0831. The Labute approximate surface area is 173 Å². The van der Waals surface area contributed by atoms with Crippen molar-refractivity contribution < 1.29 is 9.59 Å². The van der Waals surface area contributed by atoms with Gasteiger partial charge in [-0.3, -0.25) is 14.5 Å². The van der Waals surface area contributed by atoms with Gasteiger partial charge in [0.05, 0.1) is 0 Å². The van der Waals surface area contributed by atoms with Crippen molar-refractivity contribution in [1.82, 2.24) is 10.2 Å². The Morgan fingerprint density at radius 3 is 2.34 bits per heavy atom. The van der Waals surface area contributed by atoms with Crippen LogP contribution in [0.3, 0.4) is 0 Å². The van der Waals surface area contributed by atoms with E-state index in [-0.39, 0.29) is 11.8 Å². The van der Waals surface area contributed by atoms with Crippen molar-refractivity contribution in [2.45, 2.75) is 46.7 Å². The SMILES string of the molecule is CCC(=O)N1CCc2cc(C(=O)NCc3ccc(CN(CC)CC)cc3)ccc21. The lowest BCUT2D eigenvalue weighted by molar-refractivity contribution is -0.118. The number of benzene rings is 2. The summed E-state index contributed by atoms with van der Waals surface area (Å²) in [5.41, 5.74) is 5.03. The van der Waals surface area contributed by atoms with Gasteiger partial charge in [0.15, 0.2) is 0 Å². The molecule has 0 unspecified atom stereocenters. The molecule has 0 saturated carbocycles. The summed E-state index contributed by atoms with van der Waals surface area (Å²) in [6.07, 6.45) is 1.30. The summed E-state index contributed by atoms with van der Waals surface area (Å²) < 4.78 is 0. The van der Waals surface area contributed by atoms with E-state index in [1.54, 1.807) is 0 Å². The number of rotatable bonds is 8. The molecule has 29 heavy (non-hydrogen) atoms. The van der Waals surface area contributed by atoms with Gasteiger partial charge in [0.1, 0.15) is 0 Å². The van der Waals surface area contributed by atoms with E-state index in [1.807, 2.05) is 30.0 Å². The average molecular weight is 394 g/mol. The number of anilines is 1. The lowest BCUT2D eigenvalue weighted by Crippen LogP contribution is -2.27. The van der Waals surface area contributed by atoms with Crippen molar-refractivity contribution in [1.29, 1.82) is 0 Å². The molecule has 2 amide bonds. The van der Waals surface area contributed by atoms with E-state index in [4.69, 9.17) is 0 Å². The number of amides is 2. The Morgan fingerprint density at radius 2 is 1.69 bits per heavy atom. The van der Waals surface area contributed by atoms with Crippen LogP contribution in [0.2, 0.25) is 0 Å². The van der Waals surface area contributed by atoms with Crippen molar-refractivity contribution in [3.8, 4) is 0 Å². The van der Waals surface area contributed by atoms with Gasteiger partial charge in [-0.1, -0.05) is 45.0 Å². The highest BCUT2D eigenvalue weighted by Crippen LogP contribution is 2.29. The summed E-state index contributed by atoms with van der Waals surface area (Å²) in [6.45, 7) is 10.5. The van der Waals surface area contributed by atoms with Crippen LogP contribution >= 0.6 is 0 Å². The van der Waals surface area contributed by atoms with Crippen LogP contribution in [-0.2, 0) is 24.3 Å². The number of hydrogen-bond acceptors (Lipinski definition) is 3. The molecule has 1 N–H and O–H groups in total. The van der Waals surface area contributed by atoms with Crippen LogP contribution in [0, 0.1) is 0 Å². The molecule has 3 rings (SSSR count). The molecule has 0 spiro atoms. The summed E-state index contributed by atoms with van der Waals surface area (Å²) in [4.78, 5) is 28.8. The number of nitrogens with zero attached hydrogens (tertiary/aromatic N) is 2. The van der Waals surface area contributed by atoms with E-state index in [9.17, 15) is 9.59 Å². The summed E-state index contributed by atoms with van der Waals surface area (Å²) in [5, 5.41) is 3.00. The first-order valence-electron chi connectivity index (χ1n) is 10.6. The highest BCUT2D eigenvalue weighted by atomic mass is 16.2. The van der Waals surface area contributed by atoms with Crippen LogP contribution in [-0.4, -0.2) is 36.3 Å². The minimum Gasteiger partial charge on any atom is -0.348 e. The zero-order valence-corrected chi connectivity index (χ0v) is 17.7. The lowest BCUT2D eigenvalue weighted by atomic mass is 10.1. The molecular weight excluding hydrogens is 362 g/mol. The average Bonchev–Trinajstić information content (AvgIpc) is 3.19. The van der Waals surface area contributed by atoms with E-state index >= 15 is 0 Å². The number of fused-ring (bicyclic) bond motifs is 1. The molecule has 1 aliphatic heterocycles. The standard InChI is InChI=1S/C24H31N3O2/c1-4-23(28)27-14-13-20-15-21(11-12-22(20)27)24(29)25-16-18-7-9-19(10-8-18)17-26(5-2)6-3/h7-12,15H,4-6,13-14,16-17H2,1-3H3,(H,25,29). The fraction of sp³-hybridized carbons (Fsp3) is 0.417. The van der Waals surface area contributed by atoms with E-state index < -0.39 is 0 Å². The largest absolute Gasteiger partial charge is 0.348 e. The fourth-order valence-corrected chi connectivity index (χ4v) is 3.75. The smallest absolute Gasteiger partial charge is 0.251 e.